The second-order valence-corrected chi connectivity index (χ2v) is 7.39. The van der Waals surface area contributed by atoms with Crippen molar-refractivity contribution < 1.29 is 23.5 Å². The van der Waals surface area contributed by atoms with E-state index in [2.05, 4.69) is 5.32 Å². The van der Waals surface area contributed by atoms with Crippen molar-refractivity contribution in [2.45, 2.75) is 31.1 Å². The Morgan fingerprint density at radius 1 is 0.931 bits per heavy atom. The molecular formula is C23H22FNO4. The van der Waals surface area contributed by atoms with Gasteiger partial charge in [0.05, 0.1) is 14.2 Å². The number of ether oxygens (including phenoxy) is 2. The van der Waals surface area contributed by atoms with Crippen molar-refractivity contribution in [3.05, 3.63) is 70.7 Å². The molecule has 4 rings (SSSR count). The van der Waals surface area contributed by atoms with Crippen molar-refractivity contribution in [3.8, 4) is 11.5 Å². The summed E-state index contributed by atoms with van der Waals surface area (Å²) in [4.78, 5) is 25.4. The summed E-state index contributed by atoms with van der Waals surface area (Å²) in [6, 6.07) is 11.7. The predicted molar refractivity (Wildman–Crippen MR) is 105 cm³/mol. The molecule has 1 amide bonds. The van der Waals surface area contributed by atoms with Gasteiger partial charge in [-0.2, -0.15) is 0 Å². The first kappa shape index (κ1) is 19.2. The molecule has 150 valence electrons. The highest BCUT2D eigenvalue weighted by Crippen LogP contribution is 2.43. The third kappa shape index (κ3) is 3.62. The minimum absolute atomic E-state index is 0.0136. The second-order valence-electron chi connectivity index (χ2n) is 7.39. The van der Waals surface area contributed by atoms with E-state index in [4.69, 9.17) is 9.47 Å². The fraction of sp³-hybridized carbons (Fsp3) is 0.304. The number of carbonyl (C=O) groups is 2. The number of nitrogens with one attached hydrogen (secondary N) is 1. The summed E-state index contributed by atoms with van der Waals surface area (Å²) in [5, 5.41) is 2.88. The van der Waals surface area contributed by atoms with E-state index in [0.29, 0.717) is 41.2 Å². The van der Waals surface area contributed by atoms with Crippen LogP contribution in [0.5, 0.6) is 11.5 Å². The molecule has 0 radical (unpaired) electrons. The zero-order valence-corrected chi connectivity index (χ0v) is 16.3. The summed E-state index contributed by atoms with van der Waals surface area (Å²) in [6.07, 6.45) is 1.01. The molecule has 1 aliphatic heterocycles. The summed E-state index contributed by atoms with van der Waals surface area (Å²) in [6.45, 7) is 0. The van der Waals surface area contributed by atoms with Gasteiger partial charge >= 0.3 is 0 Å². The molecule has 2 aromatic rings. The lowest BCUT2D eigenvalue weighted by molar-refractivity contribution is -0.122. The van der Waals surface area contributed by atoms with E-state index in [1.165, 1.54) is 12.1 Å². The van der Waals surface area contributed by atoms with Gasteiger partial charge in [0.15, 0.2) is 17.3 Å². The molecule has 0 unspecified atom stereocenters. The molecule has 29 heavy (non-hydrogen) atoms. The monoisotopic (exact) mass is 395 g/mol. The first-order valence-corrected chi connectivity index (χ1v) is 9.53. The molecule has 2 atom stereocenters. The van der Waals surface area contributed by atoms with E-state index in [9.17, 15) is 14.0 Å². The Balaban J connectivity index is 1.70. The number of ketones is 1. The van der Waals surface area contributed by atoms with Crippen LogP contribution >= 0.6 is 0 Å². The van der Waals surface area contributed by atoms with E-state index in [0.717, 1.165) is 5.56 Å². The summed E-state index contributed by atoms with van der Waals surface area (Å²) < 4.78 is 24.4. The lowest BCUT2D eigenvalue weighted by atomic mass is 9.73. The van der Waals surface area contributed by atoms with Crippen LogP contribution in [0.2, 0.25) is 0 Å². The summed E-state index contributed by atoms with van der Waals surface area (Å²) >= 11 is 0. The molecule has 1 heterocycles. The first-order valence-electron chi connectivity index (χ1n) is 9.53. The van der Waals surface area contributed by atoms with Gasteiger partial charge in [0.2, 0.25) is 5.91 Å². The number of Topliss-reactive ketones (excluding diaryl/α,β-unsaturated/α-hetero) is 1. The van der Waals surface area contributed by atoms with E-state index in [1.54, 1.807) is 26.4 Å². The normalized spacial score (nSPS) is 21.5. The van der Waals surface area contributed by atoms with Crippen LogP contribution in [0.25, 0.3) is 0 Å². The minimum atomic E-state index is -0.409. The smallest absolute Gasteiger partial charge is 0.225 e. The number of hydrogen-bond donors (Lipinski definition) is 1. The van der Waals surface area contributed by atoms with Crippen LogP contribution in [-0.4, -0.2) is 25.9 Å². The highest BCUT2D eigenvalue weighted by atomic mass is 19.1. The van der Waals surface area contributed by atoms with Crippen LogP contribution in [0.4, 0.5) is 4.39 Å². The zero-order valence-electron chi connectivity index (χ0n) is 16.3. The Hall–Kier alpha value is -3.15. The molecule has 0 spiro atoms. The Labute approximate surface area is 168 Å². The third-order valence-electron chi connectivity index (χ3n) is 5.67. The lowest BCUT2D eigenvalue weighted by Crippen LogP contribution is -2.38. The van der Waals surface area contributed by atoms with Crippen LogP contribution < -0.4 is 14.8 Å². The van der Waals surface area contributed by atoms with Crippen LogP contribution in [-0.2, 0) is 9.59 Å². The van der Waals surface area contributed by atoms with E-state index in [-0.39, 0.29) is 29.8 Å². The van der Waals surface area contributed by atoms with Crippen molar-refractivity contribution >= 4 is 11.7 Å². The van der Waals surface area contributed by atoms with E-state index in [1.807, 2.05) is 18.2 Å². The van der Waals surface area contributed by atoms with Crippen molar-refractivity contribution in [2.24, 2.45) is 0 Å². The lowest BCUT2D eigenvalue weighted by Gasteiger charge is -2.34. The van der Waals surface area contributed by atoms with Gasteiger partial charge in [0.1, 0.15) is 5.82 Å². The van der Waals surface area contributed by atoms with Crippen molar-refractivity contribution in [1.29, 1.82) is 0 Å². The van der Waals surface area contributed by atoms with Crippen LogP contribution in [0.1, 0.15) is 42.2 Å². The van der Waals surface area contributed by atoms with Crippen molar-refractivity contribution in [1.82, 2.24) is 5.32 Å². The summed E-state index contributed by atoms with van der Waals surface area (Å²) in [7, 11) is 3.14. The van der Waals surface area contributed by atoms with E-state index >= 15 is 0 Å². The zero-order chi connectivity index (χ0) is 20.5. The minimum Gasteiger partial charge on any atom is -0.493 e. The highest BCUT2D eigenvalue weighted by molar-refractivity contribution is 6.02. The number of rotatable bonds is 4. The van der Waals surface area contributed by atoms with Gasteiger partial charge in [-0.1, -0.05) is 18.2 Å². The largest absolute Gasteiger partial charge is 0.493 e. The summed E-state index contributed by atoms with van der Waals surface area (Å²) in [5.41, 5.74) is 2.86. The molecular weight excluding hydrogens is 373 g/mol. The van der Waals surface area contributed by atoms with Crippen LogP contribution in [0, 0.1) is 5.82 Å². The fourth-order valence-corrected chi connectivity index (χ4v) is 4.31. The molecule has 2 aromatic carbocycles. The maximum absolute atomic E-state index is 13.7. The molecule has 0 saturated heterocycles. The van der Waals surface area contributed by atoms with Crippen LogP contribution in [0.15, 0.2) is 53.7 Å². The molecule has 6 heteroatoms. The fourth-order valence-electron chi connectivity index (χ4n) is 4.31. The van der Waals surface area contributed by atoms with Gasteiger partial charge in [0, 0.05) is 30.0 Å². The van der Waals surface area contributed by atoms with Gasteiger partial charge in [0.25, 0.3) is 0 Å². The quantitative estimate of drug-likeness (QED) is 0.854. The molecule has 2 aliphatic rings. The average Bonchev–Trinajstić information content (AvgIpc) is 2.72. The molecule has 1 N–H and O–H groups in total. The maximum atomic E-state index is 13.7. The van der Waals surface area contributed by atoms with E-state index < -0.39 is 5.92 Å². The van der Waals surface area contributed by atoms with Gasteiger partial charge in [-0.25, -0.2) is 4.39 Å². The molecule has 0 saturated carbocycles. The van der Waals surface area contributed by atoms with Crippen LogP contribution in [0.3, 0.4) is 0 Å². The number of amides is 1. The van der Waals surface area contributed by atoms with Crippen molar-refractivity contribution in [2.75, 3.05) is 14.2 Å². The predicted octanol–water partition coefficient (Wildman–Crippen LogP) is 3.85. The maximum Gasteiger partial charge on any atom is 0.225 e. The van der Waals surface area contributed by atoms with Gasteiger partial charge in [-0.05, 0) is 47.7 Å². The molecule has 0 bridgehead atoms. The number of methoxy groups -OCH3 is 2. The van der Waals surface area contributed by atoms with Gasteiger partial charge in [-0.15, -0.1) is 0 Å². The SMILES string of the molecule is COc1ccc([C@@H]2CC(=O)C3=C(C2)NC(=O)C[C@@H]3c2cccc(F)c2)cc1OC. The number of hydrogen-bond acceptors (Lipinski definition) is 4. The highest BCUT2D eigenvalue weighted by Gasteiger charge is 2.38. The number of allylic oxidation sites excluding steroid dienone is 2. The molecule has 0 fully saturated rings. The number of carbonyl (C=O) groups excluding carboxylic acids is 2. The number of halogens is 1. The Kier molecular flexibility index (Phi) is 5.09. The molecule has 5 nitrogen and oxygen atoms in total. The first-order chi connectivity index (χ1) is 14.0. The number of benzene rings is 2. The summed E-state index contributed by atoms with van der Waals surface area (Å²) in [5.74, 6) is 0.194. The average molecular weight is 395 g/mol. The van der Waals surface area contributed by atoms with Gasteiger partial charge < -0.3 is 14.8 Å². The van der Waals surface area contributed by atoms with Gasteiger partial charge in [-0.3, -0.25) is 9.59 Å². The molecule has 1 aliphatic carbocycles. The van der Waals surface area contributed by atoms with Crippen molar-refractivity contribution in [3.63, 3.8) is 0 Å². The molecule has 0 aromatic heterocycles. The second kappa shape index (κ2) is 7.70. The Morgan fingerprint density at radius 2 is 1.72 bits per heavy atom. The topological polar surface area (TPSA) is 64.6 Å². The Bertz CT molecular complexity index is 1010. The Morgan fingerprint density at radius 3 is 2.45 bits per heavy atom. The third-order valence-corrected chi connectivity index (χ3v) is 5.67. The standard InChI is InChI=1S/C23H22FNO4/c1-28-20-7-6-13(11-21(20)29-2)15-9-18-23(19(26)10-15)17(12-22(27)25-18)14-4-3-5-16(24)8-14/h3-8,11,15,17H,9-10,12H2,1-2H3,(H,25,27)/t15-,17+/m0/s1.